The zero-order valence-electron chi connectivity index (χ0n) is 14.3. The van der Waals surface area contributed by atoms with E-state index < -0.39 is 10.0 Å². The molecule has 142 valence electrons. The summed E-state index contributed by atoms with van der Waals surface area (Å²) in [7, 11) is -3.98. The van der Waals surface area contributed by atoms with Crippen LogP contribution in [0.2, 0.25) is 10.0 Å². The van der Waals surface area contributed by atoms with Crippen molar-refractivity contribution in [1.82, 2.24) is 0 Å². The summed E-state index contributed by atoms with van der Waals surface area (Å²) in [6.45, 7) is 0. The van der Waals surface area contributed by atoms with Gasteiger partial charge in [0, 0.05) is 11.6 Å². The average molecular weight is 425 g/mol. The van der Waals surface area contributed by atoms with E-state index in [1.807, 2.05) is 6.08 Å². The van der Waals surface area contributed by atoms with E-state index in [1.165, 1.54) is 12.1 Å². The molecule has 0 saturated heterocycles. The Morgan fingerprint density at radius 2 is 1.81 bits per heavy atom. The van der Waals surface area contributed by atoms with Gasteiger partial charge in [0.2, 0.25) is 5.91 Å². The zero-order valence-corrected chi connectivity index (χ0v) is 16.6. The summed E-state index contributed by atoms with van der Waals surface area (Å²) in [6, 6.07) is 10.9. The van der Waals surface area contributed by atoms with Crippen molar-refractivity contribution in [2.24, 2.45) is 5.92 Å². The van der Waals surface area contributed by atoms with Gasteiger partial charge in [0.1, 0.15) is 4.90 Å². The molecule has 2 N–H and O–H groups in total. The number of anilines is 2. The average Bonchev–Trinajstić information content (AvgIpc) is 2.65. The predicted molar refractivity (Wildman–Crippen MR) is 109 cm³/mol. The van der Waals surface area contributed by atoms with E-state index >= 15 is 0 Å². The largest absolute Gasteiger partial charge is 0.326 e. The molecule has 0 radical (unpaired) electrons. The van der Waals surface area contributed by atoms with E-state index in [2.05, 4.69) is 16.1 Å². The van der Waals surface area contributed by atoms with Crippen LogP contribution in [0.3, 0.4) is 0 Å². The van der Waals surface area contributed by atoms with Crippen molar-refractivity contribution >= 4 is 50.5 Å². The number of amides is 1. The fourth-order valence-corrected chi connectivity index (χ4v) is 4.65. The Bertz CT molecular complexity index is 990. The summed E-state index contributed by atoms with van der Waals surface area (Å²) in [6.07, 6.45) is 6.35. The van der Waals surface area contributed by atoms with Crippen LogP contribution in [0.1, 0.15) is 19.3 Å². The molecule has 1 atom stereocenters. The van der Waals surface area contributed by atoms with Crippen LogP contribution in [0, 0.1) is 5.92 Å². The summed E-state index contributed by atoms with van der Waals surface area (Å²) in [5.41, 5.74) is 0.622. The molecular formula is C19H18Cl2N2O3S. The number of hydrogen-bond donors (Lipinski definition) is 2. The Balaban J connectivity index is 1.83. The van der Waals surface area contributed by atoms with Gasteiger partial charge >= 0.3 is 0 Å². The highest BCUT2D eigenvalue weighted by Crippen LogP contribution is 2.30. The van der Waals surface area contributed by atoms with Gasteiger partial charge in [-0.2, -0.15) is 0 Å². The predicted octanol–water partition coefficient (Wildman–Crippen LogP) is 5.09. The van der Waals surface area contributed by atoms with Crippen molar-refractivity contribution in [3.05, 3.63) is 64.7 Å². The summed E-state index contributed by atoms with van der Waals surface area (Å²) < 4.78 is 27.9. The quantitative estimate of drug-likeness (QED) is 0.656. The molecule has 1 unspecified atom stereocenters. The van der Waals surface area contributed by atoms with Gasteiger partial charge in [0.15, 0.2) is 0 Å². The molecule has 1 amide bonds. The lowest BCUT2D eigenvalue weighted by Gasteiger charge is -2.18. The molecule has 0 bridgehead atoms. The molecule has 8 heteroatoms. The second-order valence-corrected chi connectivity index (χ2v) is 8.67. The van der Waals surface area contributed by atoms with E-state index in [0.717, 1.165) is 12.8 Å². The lowest BCUT2D eigenvalue weighted by atomic mass is 9.93. The number of carbonyl (C=O) groups is 1. The van der Waals surface area contributed by atoms with Gasteiger partial charge < -0.3 is 5.32 Å². The standard InChI is InChI=1S/C19H18Cl2N2O3S/c20-15-8-4-5-9-17(15)23-27(25,26)18-12-14(10-11-16(18)21)22-19(24)13-6-2-1-3-7-13/h1-2,4-5,8-13,23H,3,6-7H2,(H,22,24). The summed E-state index contributed by atoms with van der Waals surface area (Å²) in [5.74, 6) is -0.254. The molecule has 3 rings (SSSR count). The van der Waals surface area contributed by atoms with Crippen molar-refractivity contribution in [1.29, 1.82) is 0 Å². The fourth-order valence-electron chi connectivity index (χ4n) is 2.81. The smallest absolute Gasteiger partial charge is 0.263 e. The number of carbonyl (C=O) groups excluding carboxylic acids is 1. The topological polar surface area (TPSA) is 75.3 Å². The Labute approximate surface area is 168 Å². The highest BCUT2D eigenvalue weighted by molar-refractivity contribution is 7.92. The summed E-state index contributed by atoms with van der Waals surface area (Å²) in [4.78, 5) is 12.3. The molecule has 5 nitrogen and oxygen atoms in total. The number of allylic oxidation sites excluding steroid dienone is 2. The van der Waals surface area contributed by atoms with Crippen molar-refractivity contribution in [3.8, 4) is 0 Å². The fraction of sp³-hybridized carbons (Fsp3) is 0.211. The van der Waals surface area contributed by atoms with E-state index in [9.17, 15) is 13.2 Å². The third kappa shape index (κ3) is 4.83. The highest BCUT2D eigenvalue weighted by atomic mass is 35.5. The molecular weight excluding hydrogens is 407 g/mol. The first kappa shape index (κ1) is 19.7. The molecule has 0 spiro atoms. The lowest BCUT2D eigenvalue weighted by Crippen LogP contribution is -2.23. The van der Waals surface area contributed by atoms with Crippen LogP contribution in [0.15, 0.2) is 59.5 Å². The van der Waals surface area contributed by atoms with Crippen LogP contribution >= 0.6 is 23.2 Å². The first-order chi connectivity index (χ1) is 12.9. The van der Waals surface area contributed by atoms with Crippen molar-refractivity contribution < 1.29 is 13.2 Å². The summed E-state index contributed by atoms with van der Waals surface area (Å²) in [5, 5.41) is 3.10. The third-order valence-electron chi connectivity index (χ3n) is 4.25. The number of halogens is 2. The number of rotatable bonds is 5. The SMILES string of the molecule is O=C(Nc1ccc(Cl)c(S(=O)(=O)Nc2ccccc2Cl)c1)C1CC=CCC1. The number of nitrogens with one attached hydrogen (secondary N) is 2. The highest BCUT2D eigenvalue weighted by Gasteiger charge is 2.22. The van der Waals surface area contributed by atoms with Gasteiger partial charge in [0.25, 0.3) is 10.0 Å². The minimum absolute atomic E-state index is 0.0492. The number of para-hydroxylation sites is 1. The molecule has 0 fully saturated rings. The first-order valence-electron chi connectivity index (χ1n) is 8.39. The van der Waals surface area contributed by atoms with Crippen LogP contribution < -0.4 is 10.0 Å². The maximum absolute atomic E-state index is 12.7. The van der Waals surface area contributed by atoms with Gasteiger partial charge in [-0.3, -0.25) is 9.52 Å². The maximum Gasteiger partial charge on any atom is 0.263 e. The minimum Gasteiger partial charge on any atom is -0.326 e. The van der Waals surface area contributed by atoms with Crippen molar-refractivity contribution in [3.63, 3.8) is 0 Å². The van der Waals surface area contributed by atoms with Gasteiger partial charge in [0.05, 0.1) is 15.7 Å². The van der Waals surface area contributed by atoms with Crippen LogP contribution in [0.25, 0.3) is 0 Å². The Hall–Kier alpha value is -2.02. The molecule has 0 saturated carbocycles. The van der Waals surface area contributed by atoms with E-state index in [-0.39, 0.29) is 32.5 Å². The van der Waals surface area contributed by atoms with Gasteiger partial charge in [-0.25, -0.2) is 8.42 Å². The molecule has 27 heavy (non-hydrogen) atoms. The second-order valence-electron chi connectivity index (χ2n) is 6.20. The van der Waals surface area contributed by atoms with Gasteiger partial charge in [-0.1, -0.05) is 47.5 Å². The Morgan fingerprint density at radius 3 is 2.52 bits per heavy atom. The minimum atomic E-state index is -3.98. The lowest BCUT2D eigenvalue weighted by molar-refractivity contribution is -0.120. The van der Waals surface area contributed by atoms with E-state index in [4.69, 9.17) is 23.2 Å². The summed E-state index contributed by atoms with van der Waals surface area (Å²) >= 11 is 12.1. The Morgan fingerprint density at radius 1 is 1.04 bits per heavy atom. The molecule has 0 aromatic heterocycles. The van der Waals surface area contributed by atoms with Crippen molar-refractivity contribution in [2.75, 3.05) is 10.0 Å². The number of hydrogen-bond acceptors (Lipinski definition) is 3. The number of sulfonamides is 1. The monoisotopic (exact) mass is 424 g/mol. The molecule has 1 aliphatic carbocycles. The number of benzene rings is 2. The zero-order chi connectivity index (χ0) is 19.4. The van der Waals surface area contributed by atoms with Gasteiger partial charge in [-0.15, -0.1) is 0 Å². The third-order valence-corrected chi connectivity index (χ3v) is 6.42. The second kappa shape index (κ2) is 8.33. The van der Waals surface area contributed by atoms with E-state index in [0.29, 0.717) is 12.1 Å². The van der Waals surface area contributed by atoms with Crippen LogP contribution in [0.5, 0.6) is 0 Å². The molecule has 2 aromatic rings. The first-order valence-corrected chi connectivity index (χ1v) is 10.6. The molecule has 1 aliphatic rings. The molecule has 0 heterocycles. The van der Waals surface area contributed by atoms with Gasteiger partial charge in [-0.05, 0) is 49.6 Å². The maximum atomic E-state index is 12.7. The van der Waals surface area contributed by atoms with Crippen LogP contribution in [-0.4, -0.2) is 14.3 Å². The Kier molecular flexibility index (Phi) is 6.09. The van der Waals surface area contributed by atoms with Crippen molar-refractivity contribution in [2.45, 2.75) is 24.2 Å². The van der Waals surface area contributed by atoms with Crippen LogP contribution in [-0.2, 0) is 14.8 Å². The molecule has 2 aromatic carbocycles. The normalized spacial score (nSPS) is 16.7. The molecule has 0 aliphatic heterocycles. The van der Waals surface area contributed by atoms with Crippen LogP contribution in [0.4, 0.5) is 11.4 Å². The van der Waals surface area contributed by atoms with E-state index in [1.54, 1.807) is 30.3 Å².